The number of thioether (sulfide) groups is 1. The summed E-state index contributed by atoms with van der Waals surface area (Å²) in [6.45, 7) is 6.41. The van der Waals surface area contributed by atoms with Gasteiger partial charge in [0.05, 0.1) is 16.7 Å². The third kappa shape index (κ3) is 3.82. The average Bonchev–Trinajstić information content (AvgIpc) is 2.68. The van der Waals surface area contributed by atoms with Gasteiger partial charge >= 0.3 is 0 Å². The number of carbonyl (C=O) groups is 1. The summed E-state index contributed by atoms with van der Waals surface area (Å²) in [6, 6.07) is 20.8. The minimum atomic E-state index is -1.84. The van der Waals surface area contributed by atoms with Crippen LogP contribution in [0.2, 0.25) is 0 Å². The Morgan fingerprint density at radius 2 is 1.57 bits per heavy atom. The molecule has 3 atom stereocenters. The second-order valence-corrected chi connectivity index (χ2v) is 11.9. The molecule has 4 rings (SSSR count). The highest BCUT2D eigenvalue weighted by Gasteiger charge is 2.54. The Kier molecular flexibility index (Phi) is 5.47. The molecular formula is C22H26N2O2SSi. The maximum absolute atomic E-state index is 12.4. The molecule has 1 amide bonds. The zero-order valence-electron chi connectivity index (χ0n) is 16.4. The standard InChI is InChI=1S/C22H26N2O2SSi/c1-22(2,3)19-20(25)24-15-14-18(27-21(19)24)23-26-28(16-10-6-4-7-11-16)17-12-8-5-9-13-17/h4-15,18-19,21,23,28H,1-3H3/t18?,19?,21-/m1/s1. The van der Waals surface area contributed by atoms with Crippen LogP contribution in [0.5, 0.6) is 0 Å². The van der Waals surface area contributed by atoms with Crippen LogP contribution < -0.4 is 15.9 Å². The molecule has 2 heterocycles. The molecule has 0 radical (unpaired) electrons. The topological polar surface area (TPSA) is 41.6 Å². The van der Waals surface area contributed by atoms with Gasteiger partial charge in [0.2, 0.25) is 5.91 Å². The highest BCUT2D eigenvalue weighted by Crippen LogP contribution is 2.48. The number of hydrogen-bond donors (Lipinski definition) is 1. The Bertz CT molecular complexity index is 814. The van der Waals surface area contributed by atoms with Crippen LogP contribution in [0.3, 0.4) is 0 Å². The van der Waals surface area contributed by atoms with Gasteiger partial charge in [-0.2, -0.15) is 5.48 Å². The maximum atomic E-state index is 12.4. The molecule has 0 saturated carbocycles. The van der Waals surface area contributed by atoms with Crippen molar-refractivity contribution >= 4 is 37.1 Å². The van der Waals surface area contributed by atoms with E-state index in [4.69, 9.17) is 4.53 Å². The lowest BCUT2D eigenvalue weighted by Crippen LogP contribution is -2.63. The molecule has 0 spiro atoms. The molecule has 28 heavy (non-hydrogen) atoms. The van der Waals surface area contributed by atoms with Crippen molar-refractivity contribution in [3.8, 4) is 0 Å². The summed E-state index contributed by atoms with van der Waals surface area (Å²) < 4.78 is 6.32. The normalized spacial score (nSPS) is 24.2. The predicted molar refractivity (Wildman–Crippen MR) is 118 cm³/mol. The SMILES string of the molecule is CC(C)(C)C1C(=O)N2C=CC(NO[SiH](c3ccccc3)c3ccccc3)S[C@H]12. The van der Waals surface area contributed by atoms with Crippen LogP contribution in [0.25, 0.3) is 0 Å². The number of benzene rings is 2. The van der Waals surface area contributed by atoms with Gasteiger partial charge in [-0.25, -0.2) is 0 Å². The first kappa shape index (κ1) is 19.5. The molecule has 146 valence electrons. The third-order valence-electron chi connectivity index (χ3n) is 5.23. The molecule has 2 aromatic rings. The molecule has 1 saturated heterocycles. The van der Waals surface area contributed by atoms with Gasteiger partial charge in [-0.3, -0.25) is 4.79 Å². The zero-order chi connectivity index (χ0) is 19.7. The summed E-state index contributed by atoms with van der Waals surface area (Å²) in [6.07, 6.45) is 3.92. The number of nitrogens with zero attached hydrogens (tertiary/aromatic N) is 1. The van der Waals surface area contributed by atoms with Crippen LogP contribution in [-0.4, -0.2) is 30.6 Å². The van der Waals surface area contributed by atoms with E-state index in [9.17, 15) is 4.79 Å². The Hall–Kier alpha value is -1.86. The maximum Gasteiger partial charge on any atom is 0.267 e. The Balaban J connectivity index is 1.47. The second kappa shape index (κ2) is 7.87. The smallest absolute Gasteiger partial charge is 0.267 e. The molecular weight excluding hydrogens is 384 g/mol. The van der Waals surface area contributed by atoms with Crippen LogP contribution in [0.4, 0.5) is 0 Å². The van der Waals surface area contributed by atoms with E-state index in [0.29, 0.717) is 0 Å². The van der Waals surface area contributed by atoms with Crippen molar-refractivity contribution in [2.75, 3.05) is 0 Å². The van der Waals surface area contributed by atoms with E-state index < -0.39 is 9.04 Å². The summed E-state index contributed by atoms with van der Waals surface area (Å²) >= 11 is 1.76. The zero-order valence-corrected chi connectivity index (χ0v) is 18.4. The number of amides is 1. The number of β-lactam (4-membered cyclic amide) rings is 1. The Morgan fingerprint density at radius 1 is 1.00 bits per heavy atom. The van der Waals surface area contributed by atoms with E-state index in [-0.39, 0.29) is 28.0 Å². The molecule has 0 aromatic heterocycles. The molecule has 2 unspecified atom stereocenters. The summed E-state index contributed by atoms with van der Waals surface area (Å²) in [5.41, 5.74) is 3.26. The van der Waals surface area contributed by atoms with E-state index in [1.807, 2.05) is 29.3 Å². The first-order valence-electron chi connectivity index (χ1n) is 9.62. The number of hydroxylamine groups is 1. The first-order valence-corrected chi connectivity index (χ1v) is 12.2. The van der Waals surface area contributed by atoms with Crippen molar-refractivity contribution in [1.82, 2.24) is 10.4 Å². The van der Waals surface area contributed by atoms with Crippen molar-refractivity contribution in [3.05, 3.63) is 72.9 Å². The van der Waals surface area contributed by atoms with Crippen molar-refractivity contribution < 1.29 is 9.32 Å². The molecule has 2 aliphatic heterocycles. The van der Waals surface area contributed by atoms with Gasteiger partial charge in [0.25, 0.3) is 9.04 Å². The summed E-state index contributed by atoms with van der Waals surface area (Å²) in [5, 5.41) is 2.67. The average molecular weight is 411 g/mol. The van der Waals surface area contributed by atoms with E-state index in [1.165, 1.54) is 10.4 Å². The molecule has 1 fully saturated rings. The van der Waals surface area contributed by atoms with Gasteiger partial charge in [0.15, 0.2) is 0 Å². The highest BCUT2D eigenvalue weighted by molar-refractivity contribution is 8.00. The van der Waals surface area contributed by atoms with Crippen molar-refractivity contribution in [1.29, 1.82) is 0 Å². The number of nitrogens with one attached hydrogen (secondary N) is 1. The molecule has 2 aromatic carbocycles. The number of fused-ring (bicyclic) bond motifs is 1. The monoisotopic (exact) mass is 410 g/mol. The van der Waals surface area contributed by atoms with Crippen molar-refractivity contribution in [3.63, 3.8) is 0 Å². The lowest BCUT2D eigenvalue weighted by Gasteiger charge is -2.52. The van der Waals surface area contributed by atoms with Crippen LogP contribution in [0, 0.1) is 11.3 Å². The largest absolute Gasteiger partial charge is 0.337 e. The van der Waals surface area contributed by atoms with Crippen molar-refractivity contribution in [2.24, 2.45) is 11.3 Å². The molecule has 6 heteroatoms. The van der Waals surface area contributed by atoms with Gasteiger partial charge < -0.3 is 9.43 Å². The van der Waals surface area contributed by atoms with Crippen LogP contribution in [0.1, 0.15) is 20.8 Å². The van der Waals surface area contributed by atoms with E-state index in [2.05, 4.69) is 74.8 Å². The fourth-order valence-electron chi connectivity index (χ4n) is 3.74. The summed E-state index contributed by atoms with van der Waals surface area (Å²) in [7, 11) is -1.84. The fourth-order valence-corrected chi connectivity index (χ4v) is 7.48. The van der Waals surface area contributed by atoms with E-state index in [1.54, 1.807) is 11.8 Å². The van der Waals surface area contributed by atoms with Crippen LogP contribution >= 0.6 is 11.8 Å². The van der Waals surface area contributed by atoms with Gasteiger partial charge in [0, 0.05) is 6.20 Å². The minimum Gasteiger partial charge on any atom is -0.337 e. The molecule has 0 aliphatic carbocycles. The highest BCUT2D eigenvalue weighted by atomic mass is 32.2. The van der Waals surface area contributed by atoms with Crippen molar-refractivity contribution in [2.45, 2.75) is 31.5 Å². The van der Waals surface area contributed by atoms with E-state index >= 15 is 0 Å². The van der Waals surface area contributed by atoms with Gasteiger partial charge in [-0.1, -0.05) is 81.4 Å². The van der Waals surface area contributed by atoms with Crippen LogP contribution in [0.15, 0.2) is 72.9 Å². The lowest BCUT2D eigenvalue weighted by atomic mass is 9.75. The molecule has 2 aliphatic rings. The third-order valence-corrected chi connectivity index (χ3v) is 8.90. The van der Waals surface area contributed by atoms with Gasteiger partial charge in [-0.05, 0) is 21.9 Å². The lowest BCUT2D eigenvalue weighted by molar-refractivity contribution is -0.152. The Labute approximate surface area is 172 Å². The number of rotatable bonds is 5. The molecule has 4 nitrogen and oxygen atoms in total. The molecule has 1 N–H and O–H groups in total. The first-order chi connectivity index (χ1) is 13.4. The van der Waals surface area contributed by atoms with E-state index in [0.717, 1.165) is 0 Å². The predicted octanol–water partition coefficient (Wildman–Crippen LogP) is 2.46. The number of hydrogen-bond acceptors (Lipinski definition) is 4. The van der Waals surface area contributed by atoms with Crippen LogP contribution in [-0.2, 0) is 9.32 Å². The quantitative estimate of drug-likeness (QED) is 0.467. The Morgan fingerprint density at radius 3 is 2.11 bits per heavy atom. The summed E-state index contributed by atoms with van der Waals surface area (Å²) in [4.78, 5) is 14.3. The summed E-state index contributed by atoms with van der Waals surface area (Å²) in [5.74, 6) is 0.268. The second-order valence-electron chi connectivity index (χ2n) is 8.32. The van der Waals surface area contributed by atoms with Gasteiger partial charge in [-0.15, -0.1) is 11.8 Å². The van der Waals surface area contributed by atoms with Gasteiger partial charge in [0.1, 0.15) is 0 Å². The minimum absolute atomic E-state index is 0.0293. The number of carbonyl (C=O) groups excluding carboxylic acids is 1. The molecule has 0 bridgehead atoms. The fraction of sp³-hybridized carbons (Fsp3) is 0.318.